The van der Waals surface area contributed by atoms with Gasteiger partial charge in [0.05, 0.1) is 19.8 Å². The van der Waals surface area contributed by atoms with E-state index in [0.29, 0.717) is 17.1 Å². The summed E-state index contributed by atoms with van der Waals surface area (Å²) in [7, 11) is 3.09. The number of hydrogen-bond donors (Lipinski definition) is 2. The number of benzene rings is 1. The van der Waals surface area contributed by atoms with Crippen molar-refractivity contribution in [3.63, 3.8) is 0 Å². The van der Waals surface area contributed by atoms with Gasteiger partial charge < -0.3 is 20.5 Å². The third kappa shape index (κ3) is 3.67. The molecular weight excluding hydrogens is 268 g/mol. The van der Waals surface area contributed by atoms with Crippen LogP contribution in [0.2, 0.25) is 0 Å². The molecule has 116 valence electrons. The van der Waals surface area contributed by atoms with Crippen molar-refractivity contribution in [1.29, 1.82) is 0 Å². The van der Waals surface area contributed by atoms with Crippen LogP contribution in [0.4, 0.5) is 0 Å². The number of nitrogens with one attached hydrogen (secondary N) is 1. The molecule has 0 aliphatic heterocycles. The molecule has 1 aliphatic carbocycles. The topological polar surface area (TPSA) is 73.6 Å². The third-order valence-electron chi connectivity index (χ3n) is 4.03. The van der Waals surface area contributed by atoms with Crippen LogP contribution in [0.3, 0.4) is 0 Å². The highest BCUT2D eigenvalue weighted by molar-refractivity contribution is 5.98. The molecule has 3 N–H and O–H groups in total. The molecule has 0 heterocycles. The van der Waals surface area contributed by atoms with Crippen LogP contribution >= 0.6 is 0 Å². The number of rotatable bonds is 4. The number of carbonyl (C=O) groups is 1. The van der Waals surface area contributed by atoms with E-state index in [2.05, 4.69) is 5.32 Å². The maximum Gasteiger partial charge on any atom is 0.255 e. The van der Waals surface area contributed by atoms with Crippen molar-refractivity contribution in [3.8, 4) is 11.5 Å². The molecule has 5 nitrogen and oxygen atoms in total. The van der Waals surface area contributed by atoms with E-state index in [1.165, 1.54) is 13.5 Å². The van der Waals surface area contributed by atoms with Crippen LogP contribution in [0.5, 0.6) is 11.5 Å². The Labute approximate surface area is 125 Å². The molecule has 1 aromatic carbocycles. The van der Waals surface area contributed by atoms with Crippen LogP contribution in [-0.2, 0) is 0 Å². The maximum absolute atomic E-state index is 12.5. The standard InChI is InChI=1S/C16H24N2O3/c1-20-14-10-6-7-11(15(14)21-2)16(19)18-13-9-5-3-4-8-12(13)17/h6-7,10,12-13H,3-5,8-9,17H2,1-2H3,(H,18,19). The van der Waals surface area contributed by atoms with Crippen molar-refractivity contribution in [2.45, 2.75) is 44.2 Å². The van der Waals surface area contributed by atoms with E-state index in [4.69, 9.17) is 15.2 Å². The molecule has 1 amide bonds. The number of nitrogens with two attached hydrogens (primary N) is 1. The van der Waals surface area contributed by atoms with Crippen LogP contribution in [0, 0.1) is 0 Å². The minimum absolute atomic E-state index is 0.0213. The number of carbonyl (C=O) groups excluding carboxylic acids is 1. The first-order valence-electron chi connectivity index (χ1n) is 7.44. The molecule has 21 heavy (non-hydrogen) atoms. The summed E-state index contributed by atoms with van der Waals surface area (Å²) in [5, 5.41) is 3.05. The van der Waals surface area contributed by atoms with E-state index in [1.807, 2.05) is 0 Å². The largest absolute Gasteiger partial charge is 0.493 e. The lowest BCUT2D eigenvalue weighted by molar-refractivity contribution is 0.0925. The van der Waals surface area contributed by atoms with Gasteiger partial charge in [0.25, 0.3) is 5.91 Å². The Morgan fingerprint density at radius 1 is 1.19 bits per heavy atom. The Bertz CT molecular complexity index is 490. The Morgan fingerprint density at radius 2 is 1.95 bits per heavy atom. The number of hydrogen-bond acceptors (Lipinski definition) is 4. The Hall–Kier alpha value is -1.75. The second-order valence-electron chi connectivity index (χ2n) is 5.42. The number of ether oxygens (including phenoxy) is 2. The predicted octanol–water partition coefficient (Wildman–Crippen LogP) is 2.09. The van der Waals surface area contributed by atoms with Gasteiger partial charge in [-0.25, -0.2) is 0 Å². The summed E-state index contributed by atoms with van der Waals surface area (Å²) in [5.41, 5.74) is 6.64. The van der Waals surface area contributed by atoms with Crippen molar-refractivity contribution >= 4 is 5.91 Å². The smallest absolute Gasteiger partial charge is 0.255 e. The zero-order valence-corrected chi connectivity index (χ0v) is 12.7. The summed E-state index contributed by atoms with van der Waals surface area (Å²) in [4.78, 5) is 12.5. The minimum Gasteiger partial charge on any atom is -0.493 e. The van der Waals surface area contributed by atoms with Gasteiger partial charge in [-0.05, 0) is 25.0 Å². The lowest BCUT2D eigenvalue weighted by atomic mass is 10.0. The van der Waals surface area contributed by atoms with Crippen LogP contribution in [0.25, 0.3) is 0 Å². The summed E-state index contributed by atoms with van der Waals surface area (Å²) in [6, 6.07) is 5.33. The van der Waals surface area contributed by atoms with Crippen LogP contribution in [-0.4, -0.2) is 32.2 Å². The molecule has 2 atom stereocenters. The predicted molar refractivity (Wildman–Crippen MR) is 81.9 cm³/mol. The SMILES string of the molecule is COc1cccc(C(=O)NC2CCCCCC2N)c1OC. The number of methoxy groups -OCH3 is 2. The molecule has 0 saturated heterocycles. The van der Waals surface area contributed by atoms with E-state index in [9.17, 15) is 4.79 Å². The van der Waals surface area contributed by atoms with E-state index >= 15 is 0 Å². The monoisotopic (exact) mass is 292 g/mol. The molecule has 1 fully saturated rings. The highest BCUT2D eigenvalue weighted by Crippen LogP contribution is 2.30. The zero-order chi connectivity index (χ0) is 15.2. The second kappa shape index (κ2) is 7.31. The number of amides is 1. The molecule has 1 aromatic rings. The van der Waals surface area contributed by atoms with Gasteiger partial charge in [-0.2, -0.15) is 0 Å². The Morgan fingerprint density at radius 3 is 2.67 bits per heavy atom. The first kappa shape index (κ1) is 15.6. The molecule has 5 heteroatoms. The lowest BCUT2D eigenvalue weighted by Gasteiger charge is -2.23. The van der Waals surface area contributed by atoms with Crippen molar-refractivity contribution in [1.82, 2.24) is 5.32 Å². The van der Waals surface area contributed by atoms with Crippen LogP contribution in [0.1, 0.15) is 42.5 Å². The van der Waals surface area contributed by atoms with Gasteiger partial charge in [0.1, 0.15) is 0 Å². The first-order chi connectivity index (χ1) is 10.2. The lowest BCUT2D eigenvalue weighted by Crippen LogP contribution is -2.47. The van der Waals surface area contributed by atoms with Gasteiger partial charge in [-0.3, -0.25) is 4.79 Å². The normalized spacial score (nSPS) is 22.2. The van der Waals surface area contributed by atoms with Crippen LogP contribution in [0.15, 0.2) is 18.2 Å². The Kier molecular flexibility index (Phi) is 5.44. The molecule has 1 aliphatic rings. The van der Waals surface area contributed by atoms with Crippen molar-refractivity contribution < 1.29 is 14.3 Å². The van der Waals surface area contributed by atoms with Crippen molar-refractivity contribution in [2.75, 3.05) is 14.2 Å². The average molecular weight is 292 g/mol. The third-order valence-corrected chi connectivity index (χ3v) is 4.03. The highest BCUT2D eigenvalue weighted by atomic mass is 16.5. The second-order valence-corrected chi connectivity index (χ2v) is 5.42. The van der Waals surface area contributed by atoms with E-state index in [-0.39, 0.29) is 18.0 Å². The van der Waals surface area contributed by atoms with Gasteiger partial charge in [-0.15, -0.1) is 0 Å². The summed E-state index contributed by atoms with van der Waals surface area (Å²) >= 11 is 0. The summed E-state index contributed by atoms with van der Waals surface area (Å²) in [6.07, 6.45) is 5.31. The maximum atomic E-state index is 12.5. The fourth-order valence-electron chi connectivity index (χ4n) is 2.83. The van der Waals surface area contributed by atoms with Gasteiger partial charge in [0, 0.05) is 12.1 Å². The van der Waals surface area contributed by atoms with Crippen molar-refractivity contribution in [2.24, 2.45) is 5.73 Å². The van der Waals surface area contributed by atoms with Gasteiger partial charge in [0.15, 0.2) is 11.5 Å². The summed E-state index contributed by atoms with van der Waals surface area (Å²) in [6.45, 7) is 0. The highest BCUT2D eigenvalue weighted by Gasteiger charge is 2.24. The summed E-state index contributed by atoms with van der Waals surface area (Å²) in [5.74, 6) is 0.850. The Balaban J connectivity index is 2.16. The quantitative estimate of drug-likeness (QED) is 0.833. The van der Waals surface area contributed by atoms with E-state index < -0.39 is 0 Å². The molecular formula is C16H24N2O3. The first-order valence-corrected chi connectivity index (χ1v) is 7.44. The molecule has 0 bridgehead atoms. The average Bonchev–Trinajstić information content (AvgIpc) is 2.71. The van der Waals surface area contributed by atoms with E-state index in [0.717, 1.165) is 25.7 Å². The minimum atomic E-state index is -0.159. The fraction of sp³-hybridized carbons (Fsp3) is 0.562. The van der Waals surface area contributed by atoms with Crippen molar-refractivity contribution in [3.05, 3.63) is 23.8 Å². The van der Waals surface area contributed by atoms with Gasteiger partial charge in [-0.1, -0.05) is 25.3 Å². The van der Waals surface area contributed by atoms with Gasteiger partial charge in [0.2, 0.25) is 0 Å². The molecule has 0 aromatic heterocycles. The molecule has 1 saturated carbocycles. The zero-order valence-electron chi connectivity index (χ0n) is 12.7. The fourth-order valence-corrected chi connectivity index (χ4v) is 2.83. The molecule has 2 rings (SSSR count). The van der Waals surface area contributed by atoms with Crippen LogP contribution < -0.4 is 20.5 Å². The molecule has 0 radical (unpaired) electrons. The van der Waals surface area contributed by atoms with Gasteiger partial charge >= 0.3 is 0 Å². The van der Waals surface area contributed by atoms with E-state index in [1.54, 1.807) is 25.3 Å². The summed E-state index contributed by atoms with van der Waals surface area (Å²) < 4.78 is 10.5. The number of para-hydroxylation sites is 1. The molecule has 0 spiro atoms. The molecule has 2 unspecified atom stereocenters.